The lowest BCUT2D eigenvalue weighted by Crippen LogP contribution is -2.50. The number of amides is 3. The fraction of sp³-hybridized carbons (Fsp3) is 0.750. The van der Waals surface area contributed by atoms with Crippen molar-refractivity contribution in [1.29, 1.82) is 0 Å². The van der Waals surface area contributed by atoms with Gasteiger partial charge in [0.15, 0.2) is 0 Å². The van der Waals surface area contributed by atoms with Gasteiger partial charge in [-0.3, -0.25) is 14.4 Å². The summed E-state index contributed by atoms with van der Waals surface area (Å²) < 4.78 is 0. The van der Waals surface area contributed by atoms with Gasteiger partial charge < -0.3 is 15.5 Å². The summed E-state index contributed by atoms with van der Waals surface area (Å²) in [7, 11) is 1.66. The lowest BCUT2D eigenvalue weighted by molar-refractivity contribution is -0.137. The summed E-state index contributed by atoms with van der Waals surface area (Å²) >= 11 is 0. The Bertz CT molecular complexity index is 354. The third-order valence-electron chi connectivity index (χ3n) is 3.10. The third kappa shape index (κ3) is 3.45. The van der Waals surface area contributed by atoms with E-state index in [2.05, 4.69) is 10.6 Å². The van der Waals surface area contributed by atoms with E-state index >= 15 is 0 Å². The minimum Gasteiger partial charge on any atom is -0.354 e. The maximum atomic E-state index is 12.1. The van der Waals surface area contributed by atoms with Crippen LogP contribution in [-0.2, 0) is 14.4 Å². The van der Waals surface area contributed by atoms with Crippen molar-refractivity contribution in [2.24, 2.45) is 5.92 Å². The third-order valence-corrected chi connectivity index (χ3v) is 3.10. The number of likely N-dealkylation sites (N-methyl/N-ethyl adjacent to an activating group) is 1. The van der Waals surface area contributed by atoms with Gasteiger partial charge in [-0.05, 0) is 6.92 Å². The van der Waals surface area contributed by atoms with Gasteiger partial charge in [-0.15, -0.1) is 0 Å². The van der Waals surface area contributed by atoms with Crippen LogP contribution in [-0.4, -0.2) is 48.3 Å². The molecule has 0 aliphatic carbocycles. The molecule has 0 aromatic carbocycles. The summed E-state index contributed by atoms with van der Waals surface area (Å²) in [6.45, 7) is 5.68. The summed E-state index contributed by atoms with van der Waals surface area (Å²) in [4.78, 5) is 36.2. The fourth-order valence-corrected chi connectivity index (χ4v) is 1.79. The highest BCUT2D eigenvalue weighted by Gasteiger charge is 2.30. The predicted molar refractivity (Wildman–Crippen MR) is 66.6 cm³/mol. The van der Waals surface area contributed by atoms with Crippen LogP contribution in [0.5, 0.6) is 0 Å². The molecular formula is C12H21N3O3. The average molecular weight is 255 g/mol. The van der Waals surface area contributed by atoms with E-state index in [0.29, 0.717) is 13.0 Å². The molecule has 0 spiro atoms. The Morgan fingerprint density at radius 3 is 2.44 bits per heavy atom. The van der Waals surface area contributed by atoms with Gasteiger partial charge in [-0.25, -0.2) is 0 Å². The molecule has 6 heteroatoms. The molecule has 6 nitrogen and oxygen atoms in total. The highest BCUT2D eigenvalue weighted by molar-refractivity contribution is 5.89. The van der Waals surface area contributed by atoms with Crippen molar-refractivity contribution in [3.63, 3.8) is 0 Å². The predicted octanol–water partition coefficient (Wildman–Crippen LogP) is -0.506. The topological polar surface area (TPSA) is 78.5 Å². The zero-order chi connectivity index (χ0) is 13.9. The lowest BCUT2D eigenvalue weighted by atomic mass is 10.1. The SMILES string of the molecule is CC(C)C(=O)N[C@@H](C)C(=O)N(C)[C@@H]1CNC(=O)C1. The molecule has 1 aliphatic heterocycles. The van der Waals surface area contributed by atoms with E-state index < -0.39 is 6.04 Å². The van der Waals surface area contributed by atoms with Crippen molar-refractivity contribution < 1.29 is 14.4 Å². The Balaban J connectivity index is 2.52. The van der Waals surface area contributed by atoms with Gasteiger partial charge in [-0.2, -0.15) is 0 Å². The standard InChI is InChI=1S/C12H21N3O3/c1-7(2)11(17)14-8(3)12(18)15(4)9-5-10(16)13-6-9/h7-9H,5-6H2,1-4H3,(H,13,16)(H,14,17)/t8-,9-/m0/s1. The second kappa shape index (κ2) is 5.84. The van der Waals surface area contributed by atoms with E-state index in [0.717, 1.165) is 0 Å². The van der Waals surface area contributed by atoms with Gasteiger partial charge >= 0.3 is 0 Å². The molecule has 0 unspecified atom stereocenters. The van der Waals surface area contributed by atoms with Crippen molar-refractivity contribution in [2.45, 2.75) is 39.3 Å². The van der Waals surface area contributed by atoms with E-state index in [1.807, 2.05) is 0 Å². The second-order valence-corrected chi connectivity index (χ2v) is 5.00. The molecule has 0 aromatic rings. The molecule has 0 aromatic heterocycles. The maximum absolute atomic E-state index is 12.1. The molecule has 0 radical (unpaired) electrons. The molecule has 102 valence electrons. The summed E-state index contributed by atoms with van der Waals surface area (Å²) in [6, 6.07) is -0.691. The molecule has 1 heterocycles. The first kappa shape index (κ1) is 14.5. The largest absolute Gasteiger partial charge is 0.354 e. The van der Waals surface area contributed by atoms with Crippen molar-refractivity contribution in [3.8, 4) is 0 Å². The number of carbonyl (C=O) groups is 3. The number of hydrogen-bond acceptors (Lipinski definition) is 3. The van der Waals surface area contributed by atoms with E-state index in [-0.39, 0.29) is 29.7 Å². The van der Waals surface area contributed by atoms with Crippen molar-refractivity contribution in [2.75, 3.05) is 13.6 Å². The van der Waals surface area contributed by atoms with E-state index in [1.54, 1.807) is 27.8 Å². The molecular weight excluding hydrogens is 234 g/mol. The van der Waals surface area contributed by atoms with Gasteiger partial charge in [-0.1, -0.05) is 13.8 Å². The molecule has 0 bridgehead atoms. The zero-order valence-electron chi connectivity index (χ0n) is 11.3. The number of nitrogens with one attached hydrogen (secondary N) is 2. The molecule has 2 atom stereocenters. The summed E-state index contributed by atoms with van der Waals surface area (Å²) in [5.74, 6) is -0.519. The van der Waals surface area contributed by atoms with Crippen LogP contribution in [0.15, 0.2) is 0 Å². The highest BCUT2D eigenvalue weighted by Crippen LogP contribution is 2.09. The molecule has 3 amide bonds. The summed E-state index contributed by atoms with van der Waals surface area (Å²) in [5, 5.41) is 5.34. The van der Waals surface area contributed by atoms with Crippen molar-refractivity contribution in [3.05, 3.63) is 0 Å². The van der Waals surface area contributed by atoms with Gasteiger partial charge in [0.25, 0.3) is 0 Å². The van der Waals surface area contributed by atoms with Gasteiger partial charge in [0.2, 0.25) is 17.7 Å². The normalized spacial score (nSPS) is 20.5. The van der Waals surface area contributed by atoms with Crippen LogP contribution in [0.2, 0.25) is 0 Å². The Labute approximate surface area is 107 Å². The first-order chi connectivity index (χ1) is 8.32. The van der Waals surface area contributed by atoms with Crippen LogP contribution < -0.4 is 10.6 Å². The van der Waals surface area contributed by atoms with Crippen LogP contribution in [0.4, 0.5) is 0 Å². The van der Waals surface area contributed by atoms with Crippen LogP contribution >= 0.6 is 0 Å². The molecule has 0 saturated carbocycles. The number of carbonyl (C=O) groups excluding carboxylic acids is 3. The van der Waals surface area contributed by atoms with Gasteiger partial charge in [0, 0.05) is 25.9 Å². The number of hydrogen-bond donors (Lipinski definition) is 2. The summed E-state index contributed by atoms with van der Waals surface area (Å²) in [6.07, 6.45) is 0.326. The smallest absolute Gasteiger partial charge is 0.244 e. The maximum Gasteiger partial charge on any atom is 0.244 e. The Morgan fingerprint density at radius 2 is 2.00 bits per heavy atom. The monoisotopic (exact) mass is 255 g/mol. The lowest BCUT2D eigenvalue weighted by Gasteiger charge is -2.26. The minimum atomic E-state index is -0.569. The first-order valence-corrected chi connectivity index (χ1v) is 6.16. The van der Waals surface area contributed by atoms with Crippen molar-refractivity contribution >= 4 is 17.7 Å². The van der Waals surface area contributed by atoms with Crippen LogP contribution in [0.1, 0.15) is 27.2 Å². The molecule has 1 saturated heterocycles. The second-order valence-electron chi connectivity index (χ2n) is 5.00. The van der Waals surface area contributed by atoms with Crippen LogP contribution in [0.25, 0.3) is 0 Å². The summed E-state index contributed by atoms with van der Waals surface area (Å²) in [5.41, 5.74) is 0. The molecule has 2 N–H and O–H groups in total. The first-order valence-electron chi connectivity index (χ1n) is 6.16. The highest BCUT2D eigenvalue weighted by atomic mass is 16.2. The zero-order valence-corrected chi connectivity index (χ0v) is 11.3. The Morgan fingerprint density at radius 1 is 1.39 bits per heavy atom. The Kier molecular flexibility index (Phi) is 4.69. The van der Waals surface area contributed by atoms with Crippen LogP contribution in [0, 0.1) is 5.92 Å². The van der Waals surface area contributed by atoms with E-state index in [1.165, 1.54) is 4.90 Å². The fourth-order valence-electron chi connectivity index (χ4n) is 1.79. The van der Waals surface area contributed by atoms with E-state index in [4.69, 9.17) is 0 Å². The van der Waals surface area contributed by atoms with Gasteiger partial charge in [0.1, 0.15) is 6.04 Å². The molecule has 18 heavy (non-hydrogen) atoms. The minimum absolute atomic E-state index is 0.0430. The van der Waals surface area contributed by atoms with Crippen LogP contribution in [0.3, 0.4) is 0 Å². The quantitative estimate of drug-likeness (QED) is 0.710. The van der Waals surface area contributed by atoms with E-state index in [9.17, 15) is 14.4 Å². The molecule has 1 aliphatic rings. The van der Waals surface area contributed by atoms with Crippen molar-refractivity contribution in [1.82, 2.24) is 15.5 Å². The number of nitrogens with zero attached hydrogens (tertiary/aromatic N) is 1. The van der Waals surface area contributed by atoms with Gasteiger partial charge in [0.05, 0.1) is 6.04 Å². The molecule has 1 fully saturated rings. The average Bonchev–Trinajstić information content (AvgIpc) is 2.73. The Hall–Kier alpha value is -1.59. The number of rotatable bonds is 4. The molecule has 1 rings (SSSR count).